The number of aliphatic hydroxyl groups excluding tert-OH is 1. The number of guanidine groups is 2. The molecule has 0 spiro atoms. The minimum absolute atomic E-state index is 0.00461. The zero-order valence-corrected chi connectivity index (χ0v) is 83.6. The number of nitrogens with one attached hydrogen (secondary N) is 19. The summed E-state index contributed by atoms with van der Waals surface area (Å²) in [5.41, 5.74) is 37.3. The van der Waals surface area contributed by atoms with Gasteiger partial charge in [-0.1, -0.05) is 153 Å². The van der Waals surface area contributed by atoms with Crippen molar-refractivity contribution >= 4 is 106 Å². The fourth-order valence-corrected chi connectivity index (χ4v) is 15.1. The molecule has 0 saturated heterocycles. The van der Waals surface area contributed by atoms with Gasteiger partial charge < -0.3 is 145 Å². The predicted molar refractivity (Wildman–Crippen MR) is 537 cm³/mol. The van der Waals surface area contributed by atoms with Gasteiger partial charge in [-0.25, -0.2) is 4.79 Å². The van der Waals surface area contributed by atoms with Crippen molar-refractivity contribution < 1.29 is 97.1 Å². The summed E-state index contributed by atoms with van der Waals surface area (Å²) in [5.74, 6) is -17.5. The van der Waals surface area contributed by atoms with E-state index in [4.69, 9.17) is 45.2 Å². The van der Waals surface area contributed by atoms with Crippen LogP contribution in [-0.4, -0.2) is 263 Å². The van der Waals surface area contributed by atoms with Gasteiger partial charge in [0.1, 0.15) is 102 Å². The zero-order chi connectivity index (χ0) is 107. The number of carboxylic acids is 1. The number of aromatic hydroxyl groups is 2. The number of nitrogens with two attached hydrogens (primary N) is 6. The van der Waals surface area contributed by atoms with E-state index < -0.39 is 228 Å². The summed E-state index contributed by atoms with van der Waals surface area (Å²) in [5, 5.41) is 101. The summed E-state index contributed by atoms with van der Waals surface area (Å²) >= 11 is 0. The van der Waals surface area contributed by atoms with Gasteiger partial charge in [-0.3, -0.25) is 82.7 Å². The molecular weight excluding hydrogens is 1850 g/mol. The van der Waals surface area contributed by atoms with E-state index in [9.17, 15) is 68.4 Å². The quantitative estimate of drug-likeness (QED) is 0.0127. The van der Waals surface area contributed by atoms with Gasteiger partial charge in [0.2, 0.25) is 88.6 Å². The van der Waals surface area contributed by atoms with Crippen LogP contribution in [0.2, 0.25) is 0 Å². The van der Waals surface area contributed by atoms with Gasteiger partial charge in [0.05, 0.1) is 12.6 Å². The van der Waals surface area contributed by atoms with Gasteiger partial charge in [-0.15, -0.1) is 0 Å². The maximum Gasteiger partial charge on any atom is 0.326 e. The molecule has 0 aromatic heterocycles. The summed E-state index contributed by atoms with van der Waals surface area (Å²) in [7, 11) is 0. The Labute approximate surface area is 835 Å². The highest BCUT2D eigenvalue weighted by molar-refractivity contribution is 6.01. The molecule has 792 valence electrons. The summed E-state index contributed by atoms with van der Waals surface area (Å²) in [6, 6.07) is 5.71. The molecule has 0 fully saturated rings. The number of hydrogen-bond acceptors (Lipinski definition) is 25. The van der Waals surface area contributed by atoms with Crippen molar-refractivity contribution in [3.05, 3.63) is 131 Å². The average Bonchev–Trinajstić information content (AvgIpc) is 0.840. The molecule has 0 unspecified atom stereocenters. The molecule has 15 amide bonds. The molecule has 143 heavy (non-hydrogen) atoms. The number of aliphatic carboxylic acids is 1. The van der Waals surface area contributed by atoms with Crippen molar-refractivity contribution in [1.82, 2.24) is 90.4 Å². The maximum absolute atomic E-state index is 15.2. The van der Waals surface area contributed by atoms with Crippen LogP contribution in [0.25, 0.3) is 0 Å². The molecule has 35 N–H and O–H groups in total. The standard InChI is InChI=1S/C98H155N25O20/c1-11-57(7)79(123-88(134)70(33-21-24-46-101)113-91(137)75(53-64-38-42-66(126)43-39-64)118-93(139)78(56(5)6)121-95(141)80(58(8)12-2)122-83(129)67(102)50-63-36-40-65(125)41-37-63)94(140)115-72(35-26-48-108-98(105)106)86(132)117-73(51-61-27-15-13-16-28-61)89(135)110-59(9)81(127)116-74(52-62-29-17-14-18-30-62)90(136)112-69(32-20-23-45-100)85(131)111-71(34-25-47-107-97(103)104)87(133)120-77(54-124)92(138)114-68(31-19-22-44-99)84(130)109-60(10)82(128)119-76(96(142)143)49-55(3)4/h13-18,27-30,36-43,55-60,67-80,124-126H,11-12,19-26,31-35,44-54,99-102H2,1-10H3,(H,109,130)(H,110,135)(H,111,131)(H,112,136)(H,113,137)(H,114,138)(H,115,140)(H,116,127)(H,117,132)(H,118,139)(H,119,128)(H,120,133)(H,121,141)(H,122,129)(H,123,134)(H,142,143)(H4,103,104,107)(H4,105,106,108)/t57-,58-,59-,60-,67-,68-,69-,70-,71-,72-,73-,74-,75-,76-,77-,78-,79-,80-/m0/s1. The molecule has 4 aromatic rings. The fourth-order valence-electron chi connectivity index (χ4n) is 15.1. The van der Waals surface area contributed by atoms with Gasteiger partial charge in [0.25, 0.3) is 0 Å². The zero-order valence-electron chi connectivity index (χ0n) is 83.6. The van der Waals surface area contributed by atoms with Crippen LogP contribution >= 0.6 is 0 Å². The molecule has 0 aliphatic heterocycles. The second-order valence-electron chi connectivity index (χ2n) is 36.7. The Bertz CT molecular complexity index is 4760. The Balaban J connectivity index is 1.67. The van der Waals surface area contributed by atoms with E-state index in [2.05, 4.69) is 90.4 Å². The van der Waals surface area contributed by atoms with Crippen molar-refractivity contribution in [2.45, 2.75) is 294 Å². The van der Waals surface area contributed by atoms with E-state index in [0.717, 1.165) is 0 Å². The van der Waals surface area contributed by atoms with E-state index in [-0.39, 0.29) is 153 Å². The Kier molecular flexibility index (Phi) is 55.0. The molecule has 18 atom stereocenters. The largest absolute Gasteiger partial charge is 0.508 e. The summed E-state index contributed by atoms with van der Waals surface area (Å²) in [6.07, 6.45) is 1.44. The number of aliphatic hydroxyl groups is 1. The molecule has 45 nitrogen and oxygen atoms in total. The lowest BCUT2D eigenvalue weighted by Gasteiger charge is -2.31. The third-order valence-electron chi connectivity index (χ3n) is 24.0. The molecular formula is C98H155N25O20. The molecule has 4 aromatic carbocycles. The number of carboxylic acid groups (broad SMARTS) is 1. The highest BCUT2D eigenvalue weighted by Gasteiger charge is 2.41. The summed E-state index contributed by atoms with van der Waals surface area (Å²) in [6.45, 7) is 15.8. The second-order valence-corrected chi connectivity index (χ2v) is 36.7. The van der Waals surface area contributed by atoms with Crippen LogP contribution in [0.4, 0.5) is 0 Å². The van der Waals surface area contributed by atoms with Crippen LogP contribution < -0.4 is 125 Å². The highest BCUT2D eigenvalue weighted by Crippen LogP contribution is 2.20. The minimum Gasteiger partial charge on any atom is -0.508 e. The lowest BCUT2D eigenvalue weighted by atomic mass is 9.95. The monoisotopic (exact) mass is 2000 g/mol. The molecule has 0 aliphatic rings. The maximum atomic E-state index is 15.2. The number of phenols is 2. The number of rotatable bonds is 67. The number of carbonyl (C=O) groups is 16. The smallest absolute Gasteiger partial charge is 0.326 e. The molecule has 0 radical (unpaired) electrons. The van der Waals surface area contributed by atoms with Crippen LogP contribution in [0.3, 0.4) is 0 Å². The third kappa shape index (κ3) is 45.0. The first-order valence-corrected chi connectivity index (χ1v) is 48.9. The first kappa shape index (κ1) is 122. The molecule has 0 bridgehead atoms. The van der Waals surface area contributed by atoms with Crippen molar-refractivity contribution in [3.8, 4) is 11.5 Å². The van der Waals surface area contributed by atoms with E-state index in [1.807, 2.05) is 6.92 Å². The van der Waals surface area contributed by atoms with Gasteiger partial charge in [-0.05, 0) is 200 Å². The van der Waals surface area contributed by atoms with Crippen molar-refractivity contribution in [2.24, 2.45) is 58.1 Å². The van der Waals surface area contributed by atoms with Gasteiger partial charge in [-0.2, -0.15) is 0 Å². The Morgan fingerprint density at radius 3 is 0.937 bits per heavy atom. The van der Waals surface area contributed by atoms with Crippen LogP contribution in [0.1, 0.15) is 194 Å². The van der Waals surface area contributed by atoms with Crippen LogP contribution in [0.5, 0.6) is 11.5 Å². The number of carbonyl (C=O) groups excluding carboxylic acids is 15. The predicted octanol–water partition coefficient (Wildman–Crippen LogP) is -2.21. The third-order valence-corrected chi connectivity index (χ3v) is 24.0. The van der Waals surface area contributed by atoms with Crippen molar-refractivity contribution in [2.75, 3.05) is 39.3 Å². The topological polar surface area (TPSA) is 762 Å². The number of phenolic OH excluding ortho intramolecular Hbond substituents is 2. The molecule has 0 heterocycles. The van der Waals surface area contributed by atoms with Crippen molar-refractivity contribution in [1.29, 1.82) is 10.8 Å². The molecule has 45 heteroatoms. The van der Waals surface area contributed by atoms with E-state index in [0.29, 0.717) is 47.9 Å². The minimum atomic E-state index is -1.79. The lowest BCUT2D eigenvalue weighted by molar-refractivity contribution is -0.142. The van der Waals surface area contributed by atoms with E-state index in [1.54, 1.807) is 121 Å². The number of benzene rings is 4. The Hall–Kier alpha value is -13.7. The summed E-state index contributed by atoms with van der Waals surface area (Å²) < 4.78 is 0. The highest BCUT2D eigenvalue weighted by atomic mass is 16.4. The Morgan fingerprint density at radius 1 is 0.315 bits per heavy atom. The molecule has 0 saturated carbocycles. The number of hydrogen-bond donors (Lipinski definition) is 29. The lowest BCUT2D eigenvalue weighted by Crippen LogP contribution is -2.62. The van der Waals surface area contributed by atoms with Crippen LogP contribution in [0, 0.1) is 34.5 Å². The van der Waals surface area contributed by atoms with E-state index in [1.165, 1.54) is 50.2 Å². The van der Waals surface area contributed by atoms with Crippen molar-refractivity contribution in [3.63, 3.8) is 0 Å². The first-order valence-electron chi connectivity index (χ1n) is 48.9. The van der Waals surface area contributed by atoms with Gasteiger partial charge in [0.15, 0.2) is 11.9 Å². The van der Waals surface area contributed by atoms with E-state index >= 15 is 28.8 Å². The molecule has 0 aliphatic carbocycles. The normalized spacial score (nSPS) is 15.0. The first-order chi connectivity index (χ1) is 67.9. The number of unbranched alkanes of at least 4 members (excludes halogenated alkanes) is 3. The summed E-state index contributed by atoms with van der Waals surface area (Å²) in [4.78, 5) is 230. The second kappa shape index (κ2) is 64.7. The van der Waals surface area contributed by atoms with Crippen LogP contribution in [-0.2, 0) is 102 Å². The fraction of sp³-hybridized carbons (Fsp3) is 0.571. The van der Waals surface area contributed by atoms with Gasteiger partial charge in [0, 0.05) is 32.4 Å². The SMILES string of the molecule is CC[C@H](C)[C@H](NC(=O)[C@H](CCCCN)NC(=O)[C@H](Cc1ccc(O)cc1)NC(=O)[C@@H](NC(=O)[C@@H](NC(=O)[C@@H](N)Cc1ccc(O)cc1)[C@@H](C)CC)C(C)C)C(=O)N[C@@H](CCCNC(=N)N)C(=O)N[C@@H](Cc1ccccc1)C(=O)N[C@@H](C)C(=O)N[C@@H](Cc1ccccc1)C(=O)N[C@@H](CCCCN)C(=O)N[C@@H](CCCNC(=N)N)C(=O)N[C@@H](CO)C(=O)N[C@@H](CCCCN)C(=O)N[C@@H](C)C(=O)N[C@@H](CC(C)C)C(=O)O. The number of amides is 15. The molecule has 4 rings (SSSR count). The van der Waals surface area contributed by atoms with Crippen LogP contribution in [0.15, 0.2) is 109 Å². The average molecular weight is 2000 g/mol. The van der Waals surface area contributed by atoms with Gasteiger partial charge >= 0.3 is 5.97 Å². The Morgan fingerprint density at radius 2 is 0.587 bits per heavy atom.